The Morgan fingerprint density at radius 2 is 1.71 bits per heavy atom. The van der Waals surface area contributed by atoms with Gasteiger partial charge in [0, 0.05) is 0 Å². The monoisotopic (exact) mass is 284 g/mol. The van der Waals surface area contributed by atoms with Gasteiger partial charge in [0.1, 0.15) is 0 Å². The number of rotatable bonds is 7. The lowest BCUT2D eigenvalue weighted by molar-refractivity contribution is 0.202. The minimum Gasteiger partial charge on any atom is -0.308 e. The molecule has 0 aromatic heterocycles. The Morgan fingerprint density at radius 3 is 2.06 bits per heavy atom. The molecule has 0 spiro atoms. The van der Waals surface area contributed by atoms with Gasteiger partial charge >= 0.3 is 7.60 Å². The normalized spacial score (nSPS) is 24.0. The molecule has 0 amide bonds. The van der Waals surface area contributed by atoms with Gasteiger partial charge in [0.05, 0.1) is 19.0 Å². The van der Waals surface area contributed by atoms with E-state index in [1.54, 1.807) is 0 Å². The minimum absolute atomic E-state index is 0.0899. The zero-order valence-corrected chi connectivity index (χ0v) is 12.1. The fourth-order valence-corrected chi connectivity index (χ4v) is 7.17. The van der Waals surface area contributed by atoms with Crippen LogP contribution in [-0.4, -0.2) is 32.4 Å². The third kappa shape index (κ3) is 3.78. The highest BCUT2D eigenvalue weighted by Gasteiger charge is 2.47. The maximum atomic E-state index is 12.5. The summed E-state index contributed by atoms with van der Waals surface area (Å²) >= 11 is 0. The van der Waals surface area contributed by atoms with Gasteiger partial charge in [-0.05, 0) is 25.7 Å². The highest BCUT2D eigenvalue weighted by atomic mass is 32.2. The second-order valence-corrected chi connectivity index (χ2v) is 9.04. The van der Waals surface area contributed by atoms with E-state index in [1.165, 1.54) is 0 Å². The van der Waals surface area contributed by atoms with Crippen LogP contribution < -0.4 is 0 Å². The Morgan fingerprint density at radius 1 is 1.18 bits per heavy atom. The van der Waals surface area contributed by atoms with Crippen molar-refractivity contribution in [2.75, 3.05) is 19.0 Å². The van der Waals surface area contributed by atoms with Crippen LogP contribution in [0.3, 0.4) is 0 Å². The number of sulfone groups is 1. The first-order valence-corrected chi connectivity index (χ1v) is 9.39. The third-order valence-electron chi connectivity index (χ3n) is 2.60. The van der Waals surface area contributed by atoms with Gasteiger partial charge in [0.15, 0.2) is 14.8 Å². The molecule has 1 aliphatic rings. The zero-order valence-electron chi connectivity index (χ0n) is 10.4. The summed E-state index contributed by atoms with van der Waals surface area (Å²) in [6, 6.07) is 0. The summed E-state index contributed by atoms with van der Waals surface area (Å²) in [5, 5.41) is 0. The lowest BCUT2D eigenvalue weighted by atomic mass is 10.4. The largest absolute Gasteiger partial charge is 0.348 e. The third-order valence-corrected chi connectivity index (χ3v) is 8.31. The molecule has 7 heteroatoms. The molecule has 0 aliphatic carbocycles. The van der Waals surface area contributed by atoms with Crippen molar-refractivity contribution >= 4 is 17.4 Å². The topological polar surface area (TPSA) is 69.7 Å². The highest BCUT2D eigenvalue weighted by Crippen LogP contribution is 2.58. The Bertz CT molecular complexity index is 366. The van der Waals surface area contributed by atoms with Crippen molar-refractivity contribution in [1.29, 1.82) is 0 Å². The van der Waals surface area contributed by atoms with E-state index in [4.69, 9.17) is 9.05 Å². The molecule has 0 N–H and O–H groups in total. The molecular weight excluding hydrogens is 263 g/mol. The van der Waals surface area contributed by atoms with E-state index >= 15 is 0 Å². The molecule has 1 atom stereocenters. The predicted molar refractivity (Wildman–Crippen MR) is 66.9 cm³/mol. The molecule has 0 radical (unpaired) electrons. The molecule has 102 valence electrons. The lowest BCUT2D eigenvalue weighted by Gasteiger charge is -2.22. The molecule has 5 nitrogen and oxygen atoms in total. The van der Waals surface area contributed by atoms with Gasteiger partial charge in [-0.25, -0.2) is 8.42 Å². The molecule has 0 aromatic rings. The van der Waals surface area contributed by atoms with Crippen LogP contribution in [0.15, 0.2) is 0 Å². The first kappa shape index (κ1) is 15.2. The molecule has 1 unspecified atom stereocenters. The highest BCUT2D eigenvalue weighted by molar-refractivity contribution is 7.98. The van der Waals surface area contributed by atoms with E-state index in [9.17, 15) is 13.0 Å². The van der Waals surface area contributed by atoms with Crippen LogP contribution in [-0.2, 0) is 23.4 Å². The molecule has 0 aromatic carbocycles. The summed E-state index contributed by atoms with van der Waals surface area (Å²) < 4.78 is 46.6. The van der Waals surface area contributed by atoms with Crippen LogP contribution >= 0.6 is 7.60 Å². The van der Waals surface area contributed by atoms with Gasteiger partial charge in [0.25, 0.3) is 0 Å². The first-order chi connectivity index (χ1) is 7.96. The van der Waals surface area contributed by atoms with E-state index in [2.05, 4.69) is 0 Å². The lowest BCUT2D eigenvalue weighted by Crippen LogP contribution is -2.19. The predicted octanol–water partition coefficient (Wildman–Crippen LogP) is 2.57. The van der Waals surface area contributed by atoms with Crippen LogP contribution in [0.25, 0.3) is 0 Å². The first-order valence-electron chi connectivity index (χ1n) is 6.06. The molecule has 1 fully saturated rings. The zero-order chi connectivity index (χ0) is 12.9. The smallest absolute Gasteiger partial charge is 0.308 e. The standard InChI is InChI=1S/C10H21O5PS/c1-3-7-14-16(11,15-8-4-2)10-6-5-9-17(10,12)13/h10H,3-9H2,1-2H3. The maximum absolute atomic E-state index is 12.5. The molecule has 0 saturated carbocycles. The summed E-state index contributed by atoms with van der Waals surface area (Å²) in [6.07, 6.45) is 2.30. The van der Waals surface area contributed by atoms with Gasteiger partial charge in [-0.3, -0.25) is 4.57 Å². The van der Waals surface area contributed by atoms with E-state index < -0.39 is 22.4 Å². The second kappa shape index (κ2) is 6.32. The second-order valence-electron chi connectivity index (χ2n) is 4.17. The van der Waals surface area contributed by atoms with Crippen molar-refractivity contribution in [3.8, 4) is 0 Å². The number of hydrogen-bond acceptors (Lipinski definition) is 5. The summed E-state index contributed by atoms with van der Waals surface area (Å²) in [6.45, 7) is 4.31. The van der Waals surface area contributed by atoms with Gasteiger partial charge in [0.2, 0.25) is 0 Å². The molecule has 1 saturated heterocycles. The van der Waals surface area contributed by atoms with Crippen molar-refractivity contribution in [2.45, 2.75) is 44.5 Å². The Labute approximate surface area is 103 Å². The van der Waals surface area contributed by atoms with Crippen LogP contribution in [0.4, 0.5) is 0 Å². The summed E-state index contributed by atoms with van der Waals surface area (Å²) in [4.78, 5) is -0.951. The summed E-state index contributed by atoms with van der Waals surface area (Å²) in [5.74, 6) is 0.0899. The van der Waals surface area contributed by atoms with Crippen molar-refractivity contribution in [1.82, 2.24) is 0 Å². The summed E-state index contributed by atoms with van der Waals surface area (Å²) in [7, 11) is -6.83. The molecule has 1 rings (SSSR count). The van der Waals surface area contributed by atoms with Gasteiger partial charge in [-0.15, -0.1) is 0 Å². The quantitative estimate of drug-likeness (QED) is 0.672. The van der Waals surface area contributed by atoms with Crippen LogP contribution in [0.1, 0.15) is 39.5 Å². The average Bonchev–Trinajstić information content (AvgIpc) is 2.64. The molecule has 17 heavy (non-hydrogen) atoms. The van der Waals surface area contributed by atoms with Gasteiger partial charge in [-0.1, -0.05) is 13.8 Å². The van der Waals surface area contributed by atoms with Crippen molar-refractivity contribution < 1.29 is 22.0 Å². The van der Waals surface area contributed by atoms with Gasteiger partial charge in [-0.2, -0.15) is 0 Å². The number of hydrogen-bond donors (Lipinski definition) is 0. The van der Waals surface area contributed by atoms with Crippen LogP contribution in [0.5, 0.6) is 0 Å². The summed E-state index contributed by atoms with van der Waals surface area (Å²) in [5.41, 5.74) is 0. The Balaban J connectivity index is 2.85. The van der Waals surface area contributed by atoms with Crippen LogP contribution in [0, 0.1) is 0 Å². The molecular formula is C10H21O5PS. The Kier molecular flexibility index (Phi) is 5.64. The van der Waals surface area contributed by atoms with E-state index in [0.29, 0.717) is 25.7 Å². The van der Waals surface area contributed by atoms with Crippen LogP contribution in [0.2, 0.25) is 0 Å². The van der Waals surface area contributed by atoms with E-state index in [1.807, 2.05) is 13.8 Å². The van der Waals surface area contributed by atoms with Crippen molar-refractivity contribution in [3.63, 3.8) is 0 Å². The van der Waals surface area contributed by atoms with Gasteiger partial charge < -0.3 is 9.05 Å². The average molecular weight is 284 g/mol. The van der Waals surface area contributed by atoms with Crippen molar-refractivity contribution in [2.24, 2.45) is 0 Å². The van der Waals surface area contributed by atoms with E-state index in [0.717, 1.165) is 0 Å². The molecule has 1 aliphatic heterocycles. The Hall–Kier alpha value is 0.100. The maximum Gasteiger partial charge on any atom is 0.348 e. The molecule has 1 heterocycles. The fraction of sp³-hybridized carbons (Fsp3) is 1.00. The van der Waals surface area contributed by atoms with E-state index in [-0.39, 0.29) is 19.0 Å². The SMILES string of the molecule is CCCOP(=O)(OCCC)C1CCCS1(=O)=O. The molecule has 0 bridgehead atoms. The minimum atomic E-state index is -3.51. The van der Waals surface area contributed by atoms with Crippen molar-refractivity contribution in [3.05, 3.63) is 0 Å². The fourth-order valence-electron chi connectivity index (χ4n) is 1.77.